The highest BCUT2D eigenvalue weighted by Crippen LogP contribution is 2.45. The minimum Gasteiger partial charge on any atom is -0.466 e. The Balaban J connectivity index is 1.68. The summed E-state index contributed by atoms with van der Waals surface area (Å²) in [4.78, 5) is 16.6. The number of carbonyl (C=O) groups is 1. The van der Waals surface area contributed by atoms with Crippen molar-refractivity contribution in [2.24, 2.45) is 10.9 Å². The van der Waals surface area contributed by atoms with Crippen LogP contribution in [-0.4, -0.2) is 29.9 Å². The predicted molar refractivity (Wildman–Crippen MR) is 73.7 cm³/mol. The summed E-state index contributed by atoms with van der Waals surface area (Å²) >= 11 is 0. The number of ether oxygens (including phenoxy) is 1. The minimum atomic E-state index is -0.337. The van der Waals surface area contributed by atoms with Gasteiger partial charge >= 0.3 is 5.97 Å². The second-order valence-corrected chi connectivity index (χ2v) is 5.88. The van der Waals surface area contributed by atoms with Gasteiger partial charge < -0.3 is 15.4 Å². The number of hydrogen-bond donors (Lipinski definition) is 2. The van der Waals surface area contributed by atoms with Gasteiger partial charge in [-0.3, -0.25) is 4.79 Å². The molecule has 0 aromatic carbocycles. The SMILES string of the molecule is CCOC(=O)C1CCC2CCC1(C1=[C]C3=NC(=C3)N1)N2. The molecule has 105 valence electrons. The number of fused-ring (bicyclic) bond motifs is 4. The number of carbonyl (C=O) groups excluding carboxylic acids is 1. The Bertz CT molecular complexity index is 563. The van der Waals surface area contributed by atoms with Gasteiger partial charge in [0.05, 0.1) is 23.8 Å². The van der Waals surface area contributed by atoms with Crippen LogP contribution in [0.1, 0.15) is 32.6 Å². The molecule has 4 bridgehead atoms. The fourth-order valence-electron chi connectivity index (χ4n) is 3.85. The molecule has 5 nitrogen and oxygen atoms in total. The van der Waals surface area contributed by atoms with E-state index in [2.05, 4.69) is 21.7 Å². The summed E-state index contributed by atoms with van der Waals surface area (Å²) in [5, 5.41) is 6.97. The van der Waals surface area contributed by atoms with E-state index in [0.29, 0.717) is 12.6 Å². The van der Waals surface area contributed by atoms with Crippen molar-refractivity contribution in [1.29, 1.82) is 0 Å². The molecule has 2 N–H and O–H groups in total. The fourth-order valence-corrected chi connectivity index (χ4v) is 3.85. The normalized spacial score (nSPS) is 37.1. The largest absolute Gasteiger partial charge is 0.466 e. The van der Waals surface area contributed by atoms with Crippen molar-refractivity contribution < 1.29 is 9.53 Å². The molecule has 5 rings (SSSR count). The van der Waals surface area contributed by atoms with Gasteiger partial charge in [-0.2, -0.15) is 0 Å². The van der Waals surface area contributed by atoms with Crippen LogP contribution in [0.3, 0.4) is 0 Å². The van der Waals surface area contributed by atoms with Crippen molar-refractivity contribution in [2.75, 3.05) is 6.61 Å². The van der Waals surface area contributed by atoms with Crippen molar-refractivity contribution in [3.05, 3.63) is 23.7 Å². The second-order valence-electron chi connectivity index (χ2n) is 5.88. The van der Waals surface area contributed by atoms with Gasteiger partial charge in [0.2, 0.25) is 0 Å². The second kappa shape index (κ2) is 4.19. The van der Waals surface area contributed by atoms with Gasteiger partial charge in [-0.1, -0.05) is 0 Å². The molecule has 20 heavy (non-hydrogen) atoms. The Morgan fingerprint density at radius 2 is 2.40 bits per heavy atom. The maximum absolute atomic E-state index is 12.4. The average Bonchev–Trinajstić information content (AvgIpc) is 2.77. The summed E-state index contributed by atoms with van der Waals surface area (Å²) in [6.07, 6.45) is 9.26. The molecular weight excluding hydrogens is 254 g/mol. The van der Waals surface area contributed by atoms with Crippen molar-refractivity contribution in [3.8, 4) is 0 Å². The van der Waals surface area contributed by atoms with Crippen LogP contribution in [0.5, 0.6) is 0 Å². The number of allylic oxidation sites excluding steroid dienone is 2. The molecule has 0 amide bonds. The lowest BCUT2D eigenvalue weighted by atomic mass is 9.75. The standard InChI is InChI=1S/C15H18N3O2/c1-2-20-14(19)11-4-3-9-5-6-15(11,18-9)12-7-10-8-13(16-10)17-12/h8-9,11,18H,2-6H2,1H3,(H,16,17). The summed E-state index contributed by atoms with van der Waals surface area (Å²) in [6, 6.07) is 0.506. The predicted octanol–water partition coefficient (Wildman–Crippen LogP) is 1.04. The highest BCUT2D eigenvalue weighted by Gasteiger charge is 2.55. The summed E-state index contributed by atoms with van der Waals surface area (Å²) in [6.45, 7) is 2.29. The Morgan fingerprint density at radius 3 is 3.10 bits per heavy atom. The van der Waals surface area contributed by atoms with Gasteiger partial charge in [0, 0.05) is 23.9 Å². The zero-order valence-corrected chi connectivity index (χ0v) is 11.5. The molecule has 2 fully saturated rings. The molecule has 5 heteroatoms. The Labute approximate surface area is 118 Å². The van der Waals surface area contributed by atoms with Gasteiger partial charge in [0.25, 0.3) is 0 Å². The van der Waals surface area contributed by atoms with Gasteiger partial charge in [-0.15, -0.1) is 0 Å². The molecule has 0 aliphatic carbocycles. The van der Waals surface area contributed by atoms with E-state index in [1.807, 2.05) is 13.0 Å². The molecule has 2 saturated heterocycles. The first-order valence-corrected chi connectivity index (χ1v) is 7.37. The summed E-state index contributed by atoms with van der Waals surface area (Å²) < 4.78 is 5.29. The summed E-state index contributed by atoms with van der Waals surface area (Å²) in [5.41, 5.74) is 1.51. The monoisotopic (exact) mass is 272 g/mol. The summed E-state index contributed by atoms with van der Waals surface area (Å²) in [5.74, 6) is 0.656. The lowest BCUT2D eigenvalue weighted by Gasteiger charge is -2.44. The van der Waals surface area contributed by atoms with E-state index in [9.17, 15) is 4.79 Å². The Morgan fingerprint density at radius 1 is 1.55 bits per heavy atom. The van der Waals surface area contributed by atoms with Crippen LogP contribution in [0, 0.1) is 12.0 Å². The lowest BCUT2D eigenvalue weighted by molar-refractivity contribution is -0.151. The number of dihydropyridines is 1. The molecule has 3 atom stereocenters. The zero-order valence-electron chi connectivity index (χ0n) is 11.5. The van der Waals surface area contributed by atoms with E-state index in [4.69, 9.17) is 4.74 Å². The molecule has 5 aliphatic heterocycles. The Hall–Kier alpha value is -1.62. The number of rotatable bonds is 3. The van der Waals surface area contributed by atoms with E-state index in [1.165, 1.54) is 0 Å². The van der Waals surface area contributed by atoms with Crippen LogP contribution in [-0.2, 0) is 9.53 Å². The van der Waals surface area contributed by atoms with Gasteiger partial charge in [-0.25, -0.2) is 4.99 Å². The van der Waals surface area contributed by atoms with Crippen molar-refractivity contribution in [3.63, 3.8) is 0 Å². The lowest BCUT2D eigenvalue weighted by Crippen LogP contribution is -2.60. The molecular formula is C15H18N3O2. The van der Waals surface area contributed by atoms with Crippen LogP contribution >= 0.6 is 0 Å². The molecule has 3 unspecified atom stereocenters. The van der Waals surface area contributed by atoms with E-state index >= 15 is 0 Å². The molecule has 5 heterocycles. The van der Waals surface area contributed by atoms with Crippen LogP contribution in [0.25, 0.3) is 0 Å². The number of esters is 1. The first kappa shape index (κ1) is 12.1. The topological polar surface area (TPSA) is 62.7 Å². The molecule has 0 aromatic heterocycles. The zero-order chi connectivity index (χ0) is 13.7. The highest BCUT2D eigenvalue weighted by molar-refractivity contribution is 6.07. The number of nitrogens with zero attached hydrogens (tertiary/aromatic N) is 1. The van der Waals surface area contributed by atoms with Crippen LogP contribution < -0.4 is 10.6 Å². The average molecular weight is 272 g/mol. The fraction of sp³-hybridized carbons (Fsp3) is 0.600. The number of hydrogen-bond acceptors (Lipinski definition) is 5. The third-order valence-corrected chi connectivity index (χ3v) is 4.79. The molecule has 0 aromatic rings. The van der Waals surface area contributed by atoms with Crippen LogP contribution in [0.15, 0.2) is 22.6 Å². The highest BCUT2D eigenvalue weighted by atomic mass is 16.5. The maximum atomic E-state index is 12.4. The number of nitrogens with one attached hydrogen (secondary N) is 2. The first-order chi connectivity index (χ1) is 9.71. The Kier molecular flexibility index (Phi) is 2.54. The van der Waals surface area contributed by atoms with E-state index < -0.39 is 0 Å². The molecule has 0 saturated carbocycles. The number of piperidine rings is 1. The van der Waals surface area contributed by atoms with E-state index in [-0.39, 0.29) is 17.4 Å². The van der Waals surface area contributed by atoms with E-state index in [0.717, 1.165) is 42.9 Å². The first-order valence-electron chi connectivity index (χ1n) is 7.37. The van der Waals surface area contributed by atoms with Gasteiger partial charge in [0.1, 0.15) is 5.82 Å². The van der Waals surface area contributed by atoms with Gasteiger partial charge in [0.15, 0.2) is 0 Å². The third-order valence-electron chi connectivity index (χ3n) is 4.79. The van der Waals surface area contributed by atoms with Gasteiger partial charge in [-0.05, 0) is 32.6 Å². The third kappa shape index (κ3) is 1.59. The number of aliphatic imine (C=N–C) groups is 1. The quantitative estimate of drug-likeness (QED) is 0.753. The molecule has 1 radical (unpaired) electrons. The van der Waals surface area contributed by atoms with Crippen LogP contribution in [0.4, 0.5) is 0 Å². The minimum absolute atomic E-state index is 0.0911. The molecule has 0 spiro atoms. The van der Waals surface area contributed by atoms with Crippen molar-refractivity contribution in [1.82, 2.24) is 10.6 Å². The van der Waals surface area contributed by atoms with Crippen LogP contribution in [0.2, 0.25) is 0 Å². The summed E-state index contributed by atoms with van der Waals surface area (Å²) in [7, 11) is 0. The smallest absolute Gasteiger partial charge is 0.311 e. The van der Waals surface area contributed by atoms with E-state index in [1.54, 1.807) is 0 Å². The van der Waals surface area contributed by atoms with Crippen molar-refractivity contribution >= 4 is 11.7 Å². The van der Waals surface area contributed by atoms with Crippen molar-refractivity contribution in [2.45, 2.75) is 44.2 Å². The maximum Gasteiger partial charge on any atom is 0.311 e. The molecule has 5 aliphatic rings.